The van der Waals surface area contributed by atoms with Crippen LogP contribution in [0.5, 0.6) is 0 Å². The van der Waals surface area contributed by atoms with E-state index in [1.54, 1.807) is 0 Å². The molecule has 3 heteroatoms. The van der Waals surface area contributed by atoms with Crippen LogP contribution in [-0.4, -0.2) is 15.9 Å². The molecule has 0 aromatic rings. The third-order valence-electron chi connectivity index (χ3n) is 5.39. The summed E-state index contributed by atoms with van der Waals surface area (Å²) in [6.45, 7) is 0. The average molecular weight is 269 g/mol. The minimum Gasteiger partial charge on any atom is -0.299 e. The Bertz CT molecular complexity index is 391. The van der Waals surface area contributed by atoms with Crippen molar-refractivity contribution >= 4 is 27.5 Å². The molecule has 80 valence electrons. The van der Waals surface area contributed by atoms with Gasteiger partial charge in [0.15, 0.2) is 5.78 Å². The van der Waals surface area contributed by atoms with E-state index in [0.29, 0.717) is 23.4 Å². The third kappa shape index (κ3) is 0.748. The molecule has 4 aliphatic carbocycles. The molecule has 0 bridgehead atoms. The minimum absolute atomic E-state index is 0.216. The first kappa shape index (κ1) is 8.91. The fourth-order valence-electron chi connectivity index (χ4n) is 4.96. The second-order valence-electron chi connectivity index (χ2n) is 5.67. The molecule has 15 heavy (non-hydrogen) atoms. The summed E-state index contributed by atoms with van der Waals surface area (Å²) in [5.74, 6) is 2.36. The molecule has 2 nitrogen and oxygen atoms in total. The molecular weight excluding hydrogens is 256 g/mol. The van der Waals surface area contributed by atoms with Gasteiger partial charge >= 0.3 is 0 Å². The molecule has 6 atom stereocenters. The molecule has 4 rings (SSSR count). The van der Waals surface area contributed by atoms with Gasteiger partial charge in [-0.25, -0.2) is 0 Å². The van der Waals surface area contributed by atoms with Gasteiger partial charge in [-0.15, -0.1) is 0 Å². The molecule has 0 aromatic carbocycles. The van der Waals surface area contributed by atoms with Crippen molar-refractivity contribution in [3.05, 3.63) is 0 Å². The first-order chi connectivity index (χ1) is 7.14. The molecule has 0 aromatic heterocycles. The van der Waals surface area contributed by atoms with Crippen molar-refractivity contribution in [1.29, 1.82) is 0 Å². The maximum Gasteiger partial charge on any atom is 0.153 e. The minimum atomic E-state index is -0.294. The zero-order valence-corrected chi connectivity index (χ0v) is 10.00. The van der Waals surface area contributed by atoms with Crippen LogP contribution < -0.4 is 0 Å². The van der Waals surface area contributed by atoms with Crippen molar-refractivity contribution in [2.24, 2.45) is 29.6 Å². The van der Waals surface area contributed by atoms with Crippen LogP contribution in [0.15, 0.2) is 0 Å². The third-order valence-corrected chi connectivity index (χ3v) is 6.71. The van der Waals surface area contributed by atoms with Crippen LogP contribution in [0.1, 0.15) is 25.7 Å². The number of Topliss-reactive ketones (excluding diaryl/α,β-unsaturated/α-hetero) is 2. The quantitative estimate of drug-likeness (QED) is 0.630. The van der Waals surface area contributed by atoms with Gasteiger partial charge in [0.25, 0.3) is 0 Å². The molecule has 0 spiro atoms. The molecular formula is C12H13BrO2. The van der Waals surface area contributed by atoms with Crippen LogP contribution in [0, 0.1) is 29.6 Å². The summed E-state index contributed by atoms with van der Waals surface area (Å²) in [4.78, 5) is 24.5. The molecule has 4 aliphatic rings. The van der Waals surface area contributed by atoms with Gasteiger partial charge in [-0.2, -0.15) is 0 Å². The highest BCUT2D eigenvalue weighted by molar-refractivity contribution is 9.10. The summed E-state index contributed by atoms with van der Waals surface area (Å²) >= 11 is 3.69. The summed E-state index contributed by atoms with van der Waals surface area (Å²) in [7, 11) is 0. The molecule has 0 amide bonds. The van der Waals surface area contributed by atoms with E-state index in [1.165, 1.54) is 0 Å². The highest BCUT2D eigenvalue weighted by atomic mass is 79.9. The van der Waals surface area contributed by atoms with E-state index in [0.717, 1.165) is 25.7 Å². The Balaban J connectivity index is 1.93. The van der Waals surface area contributed by atoms with Crippen LogP contribution in [-0.2, 0) is 9.59 Å². The first-order valence-corrected chi connectivity index (χ1v) is 6.71. The SMILES string of the molecule is O=C1C2CCC3C(=O)[C@@]4(Br)CCC1C4C23. The zero-order chi connectivity index (χ0) is 10.4. The Hall–Kier alpha value is -0.180. The second kappa shape index (κ2) is 2.39. The Kier molecular flexibility index (Phi) is 1.42. The first-order valence-electron chi connectivity index (χ1n) is 5.91. The van der Waals surface area contributed by atoms with Gasteiger partial charge in [0.05, 0.1) is 4.32 Å². The van der Waals surface area contributed by atoms with Crippen LogP contribution in [0.25, 0.3) is 0 Å². The summed E-state index contributed by atoms with van der Waals surface area (Å²) in [5, 5.41) is 0. The van der Waals surface area contributed by atoms with E-state index in [2.05, 4.69) is 15.9 Å². The predicted octanol–water partition coefficient (Wildman–Crippen LogP) is 1.95. The molecule has 0 radical (unpaired) electrons. The molecule has 0 saturated heterocycles. The zero-order valence-electron chi connectivity index (χ0n) is 8.41. The lowest BCUT2D eigenvalue weighted by molar-refractivity contribution is -0.124. The molecule has 0 aliphatic heterocycles. The van der Waals surface area contributed by atoms with Crippen molar-refractivity contribution in [2.75, 3.05) is 0 Å². The highest BCUT2D eigenvalue weighted by Crippen LogP contribution is 2.68. The number of carbonyl (C=O) groups excluding carboxylic acids is 2. The molecule has 0 heterocycles. The number of hydrogen-bond acceptors (Lipinski definition) is 2. The van der Waals surface area contributed by atoms with Gasteiger partial charge < -0.3 is 0 Å². The summed E-state index contributed by atoms with van der Waals surface area (Å²) in [6, 6.07) is 0. The van der Waals surface area contributed by atoms with E-state index >= 15 is 0 Å². The van der Waals surface area contributed by atoms with Crippen LogP contribution in [0.4, 0.5) is 0 Å². The second-order valence-corrected chi connectivity index (χ2v) is 7.08. The van der Waals surface area contributed by atoms with E-state index in [-0.39, 0.29) is 22.1 Å². The summed E-state index contributed by atoms with van der Waals surface area (Å²) in [6.07, 6.45) is 3.79. The monoisotopic (exact) mass is 268 g/mol. The maximum atomic E-state index is 12.3. The number of halogens is 1. The van der Waals surface area contributed by atoms with Gasteiger partial charge in [-0.05, 0) is 37.5 Å². The van der Waals surface area contributed by atoms with Crippen molar-refractivity contribution in [2.45, 2.75) is 30.0 Å². The van der Waals surface area contributed by atoms with Gasteiger partial charge in [-0.3, -0.25) is 9.59 Å². The standard InChI is InChI=1S/C12H13BrO2/c13-12-4-3-7-9(12)8-5(10(7)14)1-2-6(8)11(12)15/h5-9H,1-4H2/t5?,6?,7?,8?,9?,12-/m1/s1. The van der Waals surface area contributed by atoms with Crippen molar-refractivity contribution in [3.63, 3.8) is 0 Å². The van der Waals surface area contributed by atoms with Gasteiger partial charge in [0.2, 0.25) is 0 Å². The number of hydrogen-bond donors (Lipinski definition) is 0. The Morgan fingerprint density at radius 1 is 1.07 bits per heavy atom. The maximum absolute atomic E-state index is 12.3. The normalized spacial score (nSPS) is 60.5. The fourth-order valence-corrected chi connectivity index (χ4v) is 6.10. The summed E-state index contributed by atoms with van der Waals surface area (Å²) in [5.41, 5.74) is 0. The van der Waals surface area contributed by atoms with Crippen LogP contribution >= 0.6 is 15.9 Å². The van der Waals surface area contributed by atoms with Crippen molar-refractivity contribution < 1.29 is 9.59 Å². The van der Waals surface area contributed by atoms with Gasteiger partial charge in [0.1, 0.15) is 5.78 Å². The molecule has 4 fully saturated rings. The molecule has 0 N–H and O–H groups in total. The van der Waals surface area contributed by atoms with Gasteiger partial charge in [-0.1, -0.05) is 15.9 Å². The van der Waals surface area contributed by atoms with Crippen molar-refractivity contribution in [1.82, 2.24) is 0 Å². The summed E-state index contributed by atoms with van der Waals surface area (Å²) < 4.78 is -0.294. The Morgan fingerprint density at radius 3 is 2.60 bits per heavy atom. The van der Waals surface area contributed by atoms with E-state index in [1.807, 2.05) is 0 Å². The Morgan fingerprint density at radius 2 is 1.80 bits per heavy atom. The van der Waals surface area contributed by atoms with Crippen LogP contribution in [0.2, 0.25) is 0 Å². The van der Waals surface area contributed by atoms with E-state index < -0.39 is 0 Å². The van der Waals surface area contributed by atoms with Crippen molar-refractivity contribution in [3.8, 4) is 0 Å². The number of ketones is 2. The van der Waals surface area contributed by atoms with Crippen LogP contribution in [0.3, 0.4) is 0 Å². The van der Waals surface area contributed by atoms with E-state index in [4.69, 9.17) is 0 Å². The lowest BCUT2D eigenvalue weighted by Gasteiger charge is -2.21. The molecule has 5 unspecified atom stereocenters. The predicted molar refractivity (Wildman–Crippen MR) is 57.6 cm³/mol. The topological polar surface area (TPSA) is 34.1 Å². The number of rotatable bonds is 0. The average Bonchev–Trinajstić information content (AvgIpc) is 2.85. The Labute approximate surface area is 96.9 Å². The molecule has 4 saturated carbocycles. The number of alkyl halides is 1. The smallest absolute Gasteiger partial charge is 0.153 e. The lowest BCUT2D eigenvalue weighted by Crippen LogP contribution is -2.31. The van der Waals surface area contributed by atoms with E-state index in [9.17, 15) is 9.59 Å². The lowest BCUT2D eigenvalue weighted by atomic mass is 9.90. The number of carbonyl (C=O) groups is 2. The van der Waals surface area contributed by atoms with Gasteiger partial charge in [0, 0.05) is 17.8 Å². The fraction of sp³-hybridized carbons (Fsp3) is 0.833. The highest BCUT2D eigenvalue weighted by Gasteiger charge is 2.72. The largest absolute Gasteiger partial charge is 0.299 e.